The number of aryl methyl sites for hydroxylation is 1. The van der Waals surface area contributed by atoms with Gasteiger partial charge in [-0.15, -0.1) is 0 Å². The minimum atomic E-state index is -0.474. The average molecular weight is 429 g/mol. The van der Waals surface area contributed by atoms with Crippen molar-refractivity contribution in [1.29, 1.82) is 0 Å². The summed E-state index contributed by atoms with van der Waals surface area (Å²) in [6, 6.07) is 11.8. The molecule has 1 amide bonds. The molecule has 2 fully saturated rings. The Morgan fingerprint density at radius 2 is 1.94 bits per heavy atom. The third-order valence-corrected chi connectivity index (χ3v) is 7.13. The molecule has 3 heterocycles. The maximum absolute atomic E-state index is 13.3. The smallest absolute Gasteiger partial charge is 0.252 e. The van der Waals surface area contributed by atoms with Crippen LogP contribution in [0.25, 0.3) is 0 Å². The number of benzene rings is 1. The van der Waals surface area contributed by atoms with E-state index in [2.05, 4.69) is 33.2 Å². The van der Waals surface area contributed by atoms with E-state index >= 15 is 0 Å². The van der Waals surface area contributed by atoms with Gasteiger partial charge in [0.2, 0.25) is 0 Å². The van der Waals surface area contributed by atoms with Gasteiger partial charge in [-0.05, 0) is 74.1 Å². The number of carbonyl (C=O) groups is 1. The predicted octanol–water partition coefficient (Wildman–Crippen LogP) is 4.24. The Balaban J connectivity index is 1.33. The molecule has 0 unspecified atom stereocenters. The summed E-state index contributed by atoms with van der Waals surface area (Å²) in [4.78, 5) is 29.1. The summed E-state index contributed by atoms with van der Waals surface area (Å²) in [7, 11) is 0. The molecule has 6 nitrogen and oxygen atoms in total. The summed E-state index contributed by atoms with van der Waals surface area (Å²) >= 11 is 0. The molecule has 1 N–H and O–H groups in total. The molecule has 1 aliphatic heterocycles. The van der Waals surface area contributed by atoms with Crippen LogP contribution in [0.4, 0.5) is 15.9 Å². The van der Waals surface area contributed by atoms with Crippen molar-refractivity contribution >= 4 is 17.4 Å². The van der Waals surface area contributed by atoms with Gasteiger partial charge >= 0.3 is 0 Å². The molecule has 0 saturated heterocycles. The molecule has 0 spiro atoms. The number of pyridine rings is 1. The van der Waals surface area contributed by atoms with Gasteiger partial charge in [0.15, 0.2) is 0 Å². The molecule has 0 bridgehead atoms. The van der Waals surface area contributed by atoms with Crippen LogP contribution in [-0.2, 0) is 5.54 Å². The largest absolute Gasteiger partial charge is 0.341 e. The van der Waals surface area contributed by atoms with Gasteiger partial charge in [-0.2, -0.15) is 0 Å². The van der Waals surface area contributed by atoms with Gasteiger partial charge in [0.25, 0.3) is 5.91 Å². The zero-order valence-electron chi connectivity index (χ0n) is 18.0. The summed E-state index contributed by atoms with van der Waals surface area (Å²) in [5, 5.41) is 3.20. The Labute approximate surface area is 185 Å². The Morgan fingerprint density at radius 1 is 1.16 bits per heavy atom. The van der Waals surface area contributed by atoms with E-state index in [9.17, 15) is 9.18 Å². The molecule has 3 aliphatic rings. The molecular formula is C25H24FN5O. The van der Waals surface area contributed by atoms with Gasteiger partial charge in [0, 0.05) is 24.2 Å². The van der Waals surface area contributed by atoms with Crippen molar-refractivity contribution in [3.05, 3.63) is 77.3 Å². The molecule has 1 aromatic carbocycles. The number of nitrogens with zero attached hydrogens (tertiary/aromatic N) is 4. The predicted molar refractivity (Wildman–Crippen MR) is 118 cm³/mol. The lowest BCUT2D eigenvalue weighted by Gasteiger charge is -2.30. The van der Waals surface area contributed by atoms with E-state index in [1.165, 1.54) is 24.3 Å². The number of anilines is 2. The SMILES string of the molecule is Cc1nccc(N2C[C@H]3C[C@H]3c3nc([C@@]4(NC(=O)c5ccc(F)cc5)C[C@H]4C)ccc32)n1. The zero-order valence-corrected chi connectivity index (χ0v) is 18.0. The van der Waals surface area contributed by atoms with Crippen molar-refractivity contribution in [3.8, 4) is 0 Å². The standard InChI is InChI=1S/C25H24FN5O/c1-14-12-25(14,30-24(32)16-3-5-18(26)6-4-16)21-8-7-20-23(29-21)19-11-17(19)13-31(20)22-9-10-27-15(2)28-22/h3-10,14,17,19H,11-13H2,1-2H3,(H,30,32)/t14-,17-,19-,25-/m1/s1. The molecule has 3 aromatic rings. The lowest BCUT2D eigenvalue weighted by atomic mass is 10.0. The van der Waals surface area contributed by atoms with Crippen LogP contribution in [0.5, 0.6) is 0 Å². The van der Waals surface area contributed by atoms with Gasteiger partial charge in [0.05, 0.1) is 22.6 Å². The molecule has 32 heavy (non-hydrogen) atoms. The number of hydrogen-bond donors (Lipinski definition) is 1. The summed E-state index contributed by atoms with van der Waals surface area (Å²) in [5.74, 6) is 2.45. The number of nitrogens with one attached hydrogen (secondary N) is 1. The minimum absolute atomic E-state index is 0.198. The second-order valence-corrected chi connectivity index (χ2v) is 9.31. The Kier molecular flexibility index (Phi) is 4.12. The van der Waals surface area contributed by atoms with Crippen molar-refractivity contribution in [3.63, 3.8) is 0 Å². The molecule has 7 heteroatoms. The van der Waals surface area contributed by atoms with Gasteiger partial charge in [-0.25, -0.2) is 14.4 Å². The molecule has 4 atom stereocenters. The maximum Gasteiger partial charge on any atom is 0.252 e. The lowest BCUT2D eigenvalue weighted by Crippen LogP contribution is -2.37. The van der Waals surface area contributed by atoms with Crippen molar-refractivity contribution in [2.24, 2.45) is 11.8 Å². The van der Waals surface area contributed by atoms with E-state index in [0.717, 1.165) is 48.1 Å². The molecule has 2 saturated carbocycles. The van der Waals surface area contributed by atoms with E-state index in [1.807, 2.05) is 19.1 Å². The first-order chi connectivity index (χ1) is 15.4. The fourth-order valence-electron chi connectivity index (χ4n) is 5.04. The first-order valence-corrected chi connectivity index (χ1v) is 11.1. The normalized spacial score (nSPS) is 27.3. The van der Waals surface area contributed by atoms with Gasteiger partial charge < -0.3 is 10.2 Å². The van der Waals surface area contributed by atoms with E-state index in [-0.39, 0.29) is 17.6 Å². The van der Waals surface area contributed by atoms with Crippen LogP contribution >= 0.6 is 0 Å². The highest BCUT2D eigenvalue weighted by Crippen LogP contribution is 2.57. The monoisotopic (exact) mass is 429 g/mol. The molecule has 2 aliphatic carbocycles. The number of fused-ring (bicyclic) bond motifs is 3. The molecule has 0 radical (unpaired) electrons. The van der Waals surface area contributed by atoms with Gasteiger partial charge in [-0.1, -0.05) is 6.92 Å². The number of hydrogen-bond acceptors (Lipinski definition) is 5. The third kappa shape index (κ3) is 3.06. The summed E-state index contributed by atoms with van der Waals surface area (Å²) in [6.45, 7) is 4.97. The Morgan fingerprint density at radius 3 is 2.66 bits per heavy atom. The zero-order chi connectivity index (χ0) is 22.0. The quantitative estimate of drug-likeness (QED) is 0.672. The summed E-state index contributed by atoms with van der Waals surface area (Å²) in [6.07, 6.45) is 3.77. The van der Waals surface area contributed by atoms with Gasteiger partial charge in [-0.3, -0.25) is 9.78 Å². The number of aromatic nitrogens is 3. The van der Waals surface area contributed by atoms with Crippen LogP contribution in [0.3, 0.4) is 0 Å². The van der Waals surface area contributed by atoms with Crippen molar-refractivity contribution < 1.29 is 9.18 Å². The highest BCUT2D eigenvalue weighted by atomic mass is 19.1. The first-order valence-electron chi connectivity index (χ1n) is 11.1. The van der Waals surface area contributed by atoms with Crippen LogP contribution < -0.4 is 10.2 Å². The first kappa shape index (κ1) is 19.3. The van der Waals surface area contributed by atoms with Crippen LogP contribution in [0.2, 0.25) is 0 Å². The van der Waals surface area contributed by atoms with E-state index in [4.69, 9.17) is 4.98 Å². The molecule has 6 rings (SSSR count). The van der Waals surface area contributed by atoms with Crippen LogP contribution in [0, 0.1) is 24.6 Å². The fourth-order valence-corrected chi connectivity index (χ4v) is 5.04. The fraction of sp³-hybridized carbons (Fsp3) is 0.360. The highest BCUT2D eigenvalue weighted by Gasteiger charge is 2.56. The topological polar surface area (TPSA) is 71.0 Å². The Hall–Kier alpha value is -3.35. The van der Waals surface area contributed by atoms with E-state index in [1.54, 1.807) is 6.20 Å². The van der Waals surface area contributed by atoms with Crippen molar-refractivity contribution in [1.82, 2.24) is 20.3 Å². The van der Waals surface area contributed by atoms with Crippen molar-refractivity contribution in [2.75, 3.05) is 11.4 Å². The number of carbonyl (C=O) groups excluding carboxylic acids is 1. The third-order valence-electron chi connectivity index (χ3n) is 7.13. The van der Waals surface area contributed by atoms with Crippen LogP contribution in [0.1, 0.15) is 53.3 Å². The van der Waals surface area contributed by atoms with Gasteiger partial charge in [0.1, 0.15) is 17.5 Å². The molecule has 162 valence electrons. The summed E-state index contributed by atoms with van der Waals surface area (Å²) in [5.41, 5.74) is 3.09. The number of amides is 1. The molecular weight excluding hydrogens is 405 g/mol. The average Bonchev–Trinajstić information content (AvgIpc) is 3.70. The number of rotatable bonds is 4. The summed E-state index contributed by atoms with van der Waals surface area (Å²) < 4.78 is 13.3. The number of halogens is 1. The maximum atomic E-state index is 13.3. The second-order valence-electron chi connectivity index (χ2n) is 9.31. The second kappa shape index (κ2) is 6.82. The van der Waals surface area contributed by atoms with Crippen LogP contribution in [-0.4, -0.2) is 27.4 Å². The molecule has 2 aromatic heterocycles. The minimum Gasteiger partial charge on any atom is -0.341 e. The van der Waals surface area contributed by atoms with Crippen molar-refractivity contribution in [2.45, 2.75) is 38.1 Å². The van der Waals surface area contributed by atoms with E-state index < -0.39 is 5.54 Å². The van der Waals surface area contributed by atoms with Crippen LogP contribution in [0.15, 0.2) is 48.7 Å². The Bertz CT molecular complexity index is 1230. The highest BCUT2D eigenvalue weighted by molar-refractivity contribution is 5.95. The van der Waals surface area contributed by atoms with E-state index in [0.29, 0.717) is 17.4 Å². The lowest BCUT2D eigenvalue weighted by molar-refractivity contribution is 0.0926.